The number of nitrogens with zero attached hydrogens (tertiary/aromatic N) is 3. The first-order valence-electron chi connectivity index (χ1n) is 8.11. The molecule has 0 aliphatic carbocycles. The van der Waals surface area contributed by atoms with Crippen LogP contribution in [0.25, 0.3) is 11.0 Å². The fourth-order valence-corrected chi connectivity index (χ4v) is 2.35. The van der Waals surface area contributed by atoms with Crippen LogP contribution in [0.4, 0.5) is 4.39 Å². The zero-order chi connectivity index (χ0) is 19.4. The summed E-state index contributed by atoms with van der Waals surface area (Å²) in [7, 11) is 1.28. The number of methoxy groups -OCH3 is 1. The Hall–Kier alpha value is -3.49. The molecule has 1 amide bonds. The number of halogens is 1. The van der Waals surface area contributed by atoms with Crippen molar-refractivity contribution in [3.63, 3.8) is 0 Å². The highest BCUT2D eigenvalue weighted by molar-refractivity contribution is 5.93. The number of nitrogens with one attached hydrogen (secondary N) is 1. The Morgan fingerprint density at radius 3 is 2.67 bits per heavy atom. The van der Waals surface area contributed by atoms with E-state index in [-0.39, 0.29) is 18.3 Å². The van der Waals surface area contributed by atoms with Gasteiger partial charge in [-0.25, -0.2) is 9.18 Å². The lowest BCUT2D eigenvalue weighted by atomic mass is 10.2. The van der Waals surface area contributed by atoms with Gasteiger partial charge in [0, 0.05) is 6.54 Å². The van der Waals surface area contributed by atoms with E-state index in [4.69, 9.17) is 4.84 Å². The zero-order valence-electron chi connectivity index (χ0n) is 14.7. The molecule has 1 atom stereocenters. The molecular weight excluding hydrogens is 355 g/mol. The van der Waals surface area contributed by atoms with Crippen molar-refractivity contribution in [2.75, 3.05) is 7.11 Å². The fourth-order valence-electron chi connectivity index (χ4n) is 2.35. The van der Waals surface area contributed by atoms with E-state index in [9.17, 15) is 14.0 Å². The first-order chi connectivity index (χ1) is 13.0. The molecule has 8 nitrogen and oxygen atoms in total. The van der Waals surface area contributed by atoms with E-state index in [0.717, 1.165) is 10.4 Å². The van der Waals surface area contributed by atoms with E-state index in [2.05, 4.69) is 20.4 Å². The predicted molar refractivity (Wildman–Crippen MR) is 93.2 cm³/mol. The number of carbonyl (C=O) groups is 2. The quantitative estimate of drug-likeness (QED) is 0.659. The Kier molecular flexibility index (Phi) is 5.30. The highest BCUT2D eigenvalue weighted by Gasteiger charge is 2.18. The van der Waals surface area contributed by atoms with Crippen LogP contribution in [0, 0.1) is 5.82 Å². The normalized spacial score (nSPS) is 11.8. The van der Waals surface area contributed by atoms with Gasteiger partial charge in [-0.1, -0.05) is 17.0 Å². The summed E-state index contributed by atoms with van der Waals surface area (Å²) in [5.41, 5.74) is 1.99. The smallest absolute Gasteiger partial charge is 0.337 e. The van der Waals surface area contributed by atoms with Gasteiger partial charge >= 0.3 is 5.97 Å². The Bertz CT molecular complexity index is 971. The number of amides is 1. The summed E-state index contributed by atoms with van der Waals surface area (Å²) < 4.78 is 17.6. The molecule has 1 unspecified atom stereocenters. The van der Waals surface area contributed by atoms with E-state index in [1.807, 2.05) is 0 Å². The number of fused-ring (bicyclic) bond motifs is 1. The van der Waals surface area contributed by atoms with Gasteiger partial charge in [-0.2, -0.15) is 0 Å². The van der Waals surface area contributed by atoms with Gasteiger partial charge in [0.05, 0.1) is 12.7 Å². The third kappa shape index (κ3) is 4.20. The summed E-state index contributed by atoms with van der Waals surface area (Å²) in [5.74, 6) is -1.23. The summed E-state index contributed by atoms with van der Waals surface area (Å²) in [4.78, 5) is 30.5. The summed E-state index contributed by atoms with van der Waals surface area (Å²) in [6.07, 6.45) is -0.878. The van der Waals surface area contributed by atoms with Gasteiger partial charge < -0.3 is 14.9 Å². The topological polar surface area (TPSA) is 95.3 Å². The Morgan fingerprint density at radius 1 is 1.22 bits per heavy atom. The van der Waals surface area contributed by atoms with Crippen molar-refractivity contribution in [3.05, 3.63) is 59.4 Å². The van der Waals surface area contributed by atoms with Crippen LogP contribution in [-0.4, -0.2) is 40.2 Å². The molecule has 1 aromatic heterocycles. The summed E-state index contributed by atoms with van der Waals surface area (Å²) in [5, 5.41) is 10.5. The molecule has 1 heterocycles. The SMILES string of the molecule is COC(=O)c1ccc2nnn(OC(C)C(=O)NCc3ccc(F)cc3)c2c1. The van der Waals surface area contributed by atoms with E-state index >= 15 is 0 Å². The molecule has 0 saturated heterocycles. The number of hydrogen-bond acceptors (Lipinski definition) is 6. The van der Waals surface area contributed by atoms with Crippen molar-refractivity contribution >= 4 is 22.9 Å². The lowest BCUT2D eigenvalue weighted by Gasteiger charge is -2.14. The predicted octanol–water partition coefficient (Wildman–Crippen LogP) is 1.49. The van der Waals surface area contributed by atoms with Gasteiger partial charge in [0.15, 0.2) is 0 Å². The van der Waals surface area contributed by atoms with Crippen molar-refractivity contribution < 1.29 is 23.6 Å². The maximum atomic E-state index is 12.9. The van der Waals surface area contributed by atoms with E-state index in [0.29, 0.717) is 16.6 Å². The molecule has 0 bridgehead atoms. The minimum Gasteiger partial charge on any atom is -0.465 e. The van der Waals surface area contributed by atoms with Crippen LogP contribution in [0.3, 0.4) is 0 Å². The molecular formula is C18H17FN4O4. The number of aromatic nitrogens is 3. The Balaban J connectivity index is 1.67. The van der Waals surface area contributed by atoms with Crippen molar-refractivity contribution in [1.29, 1.82) is 0 Å². The van der Waals surface area contributed by atoms with Gasteiger partial charge in [-0.3, -0.25) is 4.79 Å². The molecule has 1 N–H and O–H groups in total. The van der Waals surface area contributed by atoms with Gasteiger partial charge in [0.25, 0.3) is 5.91 Å². The standard InChI is InChI=1S/C18H17FN4O4/c1-11(17(24)20-10-12-3-6-14(19)7-4-12)27-23-16-9-13(18(25)26-2)5-8-15(16)21-22-23/h3-9,11H,10H2,1-2H3,(H,20,24). The molecule has 0 radical (unpaired) electrons. The monoisotopic (exact) mass is 372 g/mol. The van der Waals surface area contributed by atoms with Crippen LogP contribution < -0.4 is 10.2 Å². The van der Waals surface area contributed by atoms with Gasteiger partial charge in [-0.15, -0.1) is 5.10 Å². The van der Waals surface area contributed by atoms with Gasteiger partial charge in [0.2, 0.25) is 6.10 Å². The second-order valence-electron chi connectivity index (χ2n) is 5.75. The molecule has 140 valence electrons. The second kappa shape index (κ2) is 7.81. The van der Waals surface area contributed by atoms with Crippen LogP contribution in [0.15, 0.2) is 42.5 Å². The van der Waals surface area contributed by atoms with Crippen molar-refractivity contribution in [2.24, 2.45) is 0 Å². The average Bonchev–Trinajstić information content (AvgIpc) is 3.08. The average molecular weight is 372 g/mol. The first kappa shape index (κ1) is 18.3. The van der Waals surface area contributed by atoms with Crippen molar-refractivity contribution in [2.45, 2.75) is 19.6 Å². The highest BCUT2D eigenvalue weighted by Crippen LogP contribution is 2.14. The molecule has 0 aliphatic heterocycles. The van der Waals surface area contributed by atoms with Crippen molar-refractivity contribution in [3.8, 4) is 0 Å². The maximum Gasteiger partial charge on any atom is 0.337 e. The fraction of sp³-hybridized carbons (Fsp3) is 0.222. The summed E-state index contributed by atoms with van der Waals surface area (Å²) in [6, 6.07) is 10.5. The third-order valence-electron chi connectivity index (χ3n) is 3.84. The number of hydrogen-bond donors (Lipinski definition) is 1. The third-order valence-corrected chi connectivity index (χ3v) is 3.84. The Labute approximate surface area is 153 Å². The van der Waals surface area contributed by atoms with Crippen LogP contribution in [0.2, 0.25) is 0 Å². The first-order valence-corrected chi connectivity index (χ1v) is 8.11. The number of esters is 1. The minimum absolute atomic E-state index is 0.234. The van der Waals surface area contributed by atoms with E-state index in [1.165, 1.54) is 25.3 Å². The molecule has 9 heteroatoms. The summed E-state index contributed by atoms with van der Waals surface area (Å²) in [6.45, 7) is 1.79. The van der Waals surface area contributed by atoms with Crippen LogP contribution >= 0.6 is 0 Å². The summed E-state index contributed by atoms with van der Waals surface area (Å²) >= 11 is 0. The van der Waals surface area contributed by atoms with E-state index < -0.39 is 12.1 Å². The minimum atomic E-state index is -0.878. The zero-order valence-corrected chi connectivity index (χ0v) is 14.7. The Morgan fingerprint density at radius 2 is 1.96 bits per heavy atom. The number of ether oxygens (including phenoxy) is 1. The van der Waals surface area contributed by atoms with Crippen molar-refractivity contribution in [1.82, 2.24) is 20.5 Å². The molecule has 0 spiro atoms. The van der Waals surface area contributed by atoms with Gasteiger partial charge in [-0.05, 0) is 48.0 Å². The molecule has 27 heavy (non-hydrogen) atoms. The second-order valence-corrected chi connectivity index (χ2v) is 5.75. The number of benzene rings is 2. The molecule has 0 saturated carbocycles. The highest BCUT2D eigenvalue weighted by atomic mass is 19.1. The number of carbonyl (C=O) groups excluding carboxylic acids is 2. The molecule has 3 rings (SSSR count). The number of rotatable bonds is 6. The maximum absolute atomic E-state index is 12.9. The van der Waals surface area contributed by atoms with Crippen LogP contribution in [-0.2, 0) is 16.1 Å². The van der Waals surface area contributed by atoms with E-state index in [1.54, 1.807) is 31.2 Å². The van der Waals surface area contributed by atoms with Crippen LogP contribution in [0.1, 0.15) is 22.8 Å². The molecule has 3 aromatic rings. The molecule has 0 fully saturated rings. The molecule has 2 aromatic carbocycles. The van der Waals surface area contributed by atoms with Crippen LogP contribution in [0.5, 0.6) is 0 Å². The van der Waals surface area contributed by atoms with Gasteiger partial charge in [0.1, 0.15) is 16.9 Å². The lowest BCUT2D eigenvalue weighted by molar-refractivity contribution is -0.133. The molecule has 0 aliphatic rings. The largest absolute Gasteiger partial charge is 0.465 e. The lowest BCUT2D eigenvalue weighted by Crippen LogP contribution is -2.39.